The van der Waals surface area contributed by atoms with Crippen LogP contribution < -0.4 is 4.74 Å². The molecule has 5 unspecified atom stereocenters. The Balaban J connectivity index is 1.32. The summed E-state index contributed by atoms with van der Waals surface area (Å²) < 4.78 is 5.72. The van der Waals surface area contributed by atoms with Crippen molar-refractivity contribution in [3.63, 3.8) is 0 Å². The molecule has 5 rings (SSSR count). The highest BCUT2D eigenvalue weighted by Crippen LogP contribution is 2.69. The van der Waals surface area contributed by atoms with Crippen molar-refractivity contribution < 1.29 is 9.53 Å². The van der Waals surface area contributed by atoms with E-state index in [9.17, 15) is 4.79 Å². The number of rotatable bonds is 3. The van der Waals surface area contributed by atoms with E-state index < -0.39 is 0 Å². The summed E-state index contributed by atoms with van der Waals surface area (Å²) in [5.74, 6) is 5.75. The average Bonchev–Trinajstić information content (AvgIpc) is 2.96. The van der Waals surface area contributed by atoms with Gasteiger partial charge < -0.3 is 4.74 Å². The van der Waals surface area contributed by atoms with E-state index in [-0.39, 0.29) is 0 Å². The molecular weight excluding hydrogens is 260 g/mol. The van der Waals surface area contributed by atoms with Crippen LogP contribution in [0, 0.1) is 29.6 Å². The largest absolute Gasteiger partial charge is 0.493 e. The quantitative estimate of drug-likeness (QED) is 0.843. The molecule has 1 aromatic carbocycles. The van der Waals surface area contributed by atoms with Gasteiger partial charge in [0.05, 0.1) is 6.61 Å². The van der Waals surface area contributed by atoms with Crippen LogP contribution >= 0.6 is 0 Å². The maximum absolute atomic E-state index is 12.8. The van der Waals surface area contributed by atoms with E-state index in [0.717, 1.165) is 48.9 Å². The standard InChI is InChI=1S/C19H22O2/c20-15(19-17-12-5-6-13(9-12)18(17)19)10-11-7-8-21-16-4-2-1-3-14(11)16/h1-4,11-13,17-19H,5-10H2. The van der Waals surface area contributed by atoms with E-state index in [1.165, 1.54) is 24.8 Å². The first-order valence-electron chi connectivity index (χ1n) is 8.57. The number of ketones is 1. The van der Waals surface area contributed by atoms with Crippen LogP contribution in [0.25, 0.3) is 0 Å². The van der Waals surface area contributed by atoms with Crippen LogP contribution in [-0.2, 0) is 4.79 Å². The Morgan fingerprint density at radius 3 is 2.67 bits per heavy atom. The molecule has 1 heterocycles. The molecule has 4 aliphatic rings. The van der Waals surface area contributed by atoms with Crippen LogP contribution in [0.2, 0.25) is 0 Å². The number of carbonyl (C=O) groups excluding carboxylic acids is 1. The Bertz CT molecular complexity index is 577. The molecule has 3 aliphatic carbocycles. The number of hydrogen-bond acceptors (Lipinski definition) is 2. The minimum absolute atomic E-state index is 0.390. The van der Waals surface area contributed by atoms with Crippen molar-refractivity contribution in [2.24, 2.45) is 29.6 Å². The lowest BCUT2D eigenvalue weighted by atomic mass is 9.86. The summed E-state index contributed by atoms with van der Waals surface area (Å²) in [4.78, 5) is 12.8. The molecule has 2 heteroatoms. The number of para-hydroxylation sites is 1. The van der Waals surface area contributed by atoms with E-state index in [0.29, 0.717) is 17.6 Å². The van der Waals surface area contributed by atoms with Gasteiger partial charge in [0, 0.05) is 12.3 Å². The fourth-order valence-corrected chi connectivity index (χ4v) is 5.76. The number of benzene rings is 1. The summed E-state index contributed by atoms with van der Waals surface area (Å²) in [5.41, 5.74) is 1.26. The van der Waals surface area contributed by atoms with Crippen LogP contribution in [0.15, 0.2) is 24.3 Å². The maximum Gasteiger partial charge on any atom is 0.137 e. The molecule has 21 heavy (non-hydrogen) atoms. The third kappa shape index (κ3) is 1.74. The van der Waals surface area contributed by atoms with Gasteiger partial charge in [-0.3, -0.25) is 4.79 Å². The zero-order valence-corrected chi connectivity index (χ0v) is 12.3. The SMILES string of the molecule is O=C(CC1CCOc2ccccc21)C1C2C3CCC(C3)C12. The van der Waals surface area contributed by atoms with E-state index in [2.05, 4.69) is 12.1 Å². The Morgan fingerprint density at radius 2 is 1.86 bits per heavy atom. The van der Waals surface area contributed by atoms with Crippen molar-refractivity contribution >= 4 is 5.78 Å². The van der Waals surface area contributed by atoms with Gasteiger partial charge in [-0.1, -0.05) is 18.2 Å². The summed E-state index contributed by atoms with van der Waals surface area (Å²) in [6, 6.07) is 8.27. The van der Waals surface area contributed by atoms with Gasteiger partial charge in [-0.2, -0.15) is 0 Å². The number of Topliss-reactive ketones (excluding diaryl/α,β-unsaturated/α-hetero) is 1. The number of carbonyl (C=O) groups is 1. The lowest BCUT2D eigenvalue weighted by Gasteiger charge is -2.25. The lowest BCUT2D eigenvalue weighted by molar-refractivity contribution is -0.121. The second kappa shape index (κ2) is 4.34. The first kappa shape index (κ1) is 12.3. The highest BCUT2D eigenvalue weighted by molar-refractivity contribution is 5.85. The number of hydrogen-bond donors (Lipinski definition) is 0. The van der Waals surface area contributed by atoms with Gasteiger partial charge in [0.2, 0.25) is 0 Å². The van der Waals surface area contributed by atoms with Crippen molar-refractivity contribution in [1.82, 2.24) is 0 Å². The predicted octanol–water partition coefficient (Wildman–Crippen LogP) is 3.80. The Kier molecular flexibility index (Phi) is 2.54. The van der Waals surface area contributed by atoms with E-state index in [4.69, 9.17) is 4.74 Å². The van der Waals surface area contributed by atoms with Crippen molar-refractivity contribution in [2.45, 2.75) is 38.0 Å². The van der Waals surface area contributed by atoms with Crippen LogP contribution in [0.5, 0.6) is 5.75 Å². The molecule has 3 fully saturated rings. The molecule has 0 aromatic heterocycles. The molecule has 2 nitrogen and oxygen atoms in total. The Morgan fingerprint density at radius 1 is 1.10 bits per heavy atom. The smallest absolute Gasteiger partial charge is 0.137 e. The van der Waals surface area contributed by atoms with Gasteiger partial charge in [-0.05, 0) is 66.9 Å². The van der Waals surface area contributed by atoms with Gasteiger partial charge in [0.1, 0.15) is 11.5 Å². The minimum Gasteiger partial charge on any atom is -0.493 e. The molecule has 1 aromatic rings. The van der Waals surface area contributed by atoms with Crippen molar-refractivity contribution in [3.8, 4) is 5.75 Å². The predicted molar refractivity (Wildman–Crippen MR) is 80.2 cm³/mol. The van der Waals surface area contributed by atoms with Crippen LogP contribution in [-0.4, -0.2) is 12.4 Å². The normalized spacial score (nSPS) is 42.1. The van der Waals surface area contributed by atoms with E-state index >= 15 is 0 Å². The molecule has 5 atom stereocenters. The molecule has 2 bridgehead atoms. The van der Waals surface area contributed by atoms with Crippen molar-refractivity contribution in [2.75, 3.05) is 6.61 Å². The molecule has 0 N–H and O–H groups in total. The van der Waals surface area contributed by atoms with Gasteiger partial charge in [-0.25, -0.2) is 0 Å². The fraction of sp³-hybridized carbons (Fsp3) is 0.632. The Labute approximate surface area is 125 Å². The summed E-state index contributed by atoms with van der Waals surface area (Å²) in [6.07, 6.45) is 5.97. The molecule has 0 saturated heterocycles. The topological polar surface area (TPSA) is 26.3 Å². The zero-order chi connectivity index (χ0) is 14.0. The second-order valence-electron chi connectivity index (χ2n) is 7.56. The van der Waals surface area contributed by atoms with Crippen LogP contribution in [0.3, 0.4) is 0 Å². The van der Waals surface area contributed by atoms with Gasteiger partial charge in [-0.15, -0.1) is 0 Å². The molecular formula is C19H22O2. The van der Waals surface area contributed by atoms with Crippen LogP contribution in [0.4, 0.5) is 0 Å². The second-order valence-corrected chi connectivity index (χ2v) is 7.56. The summed E-state index contributed by atoms with van der Waals surface area (Å²) in [5, 5.41) is 0. The minimum atomic E-state index is 0.390. The number of ether oxygens (including phenoxy) is 1. The third-order valence-electron chi connectivity index (χ3n) is 6.64. The van der Waals surface area contributed by atoms with Gasteiger partial charge >= 0.3 is 0 Å². The highest BCUT2D eigenvalue weighted by atomic mass is 16.5. The summed E-state index contributed by atoms with van der Waals surface area (Å²) in [6.45, 7) is 0.762. The van der Waals surface area contributed by atoms with Crippen molar-refractivity contribution in [3.05, 3.63) is 29.8 Å². The first-order chi connectivity index (χ1) is 10.3. The van der Waals surface area contributed by atoms with Gasteiger partial charge in [0.25, 0.3) is 0 Å². The van der Waals surface area contributed by atoms with E-state index in [1.807, 2.05) is 12.1 Å². The highest BCUT2D eigenvalue weighted by Gasteiger charge is 2.66. The zero-order valence-electron chi connectivity index (χ0n) is 12.3. The monoisotopic (exact) mass is 282 g/mol. The average molecular weight is 282 g/mol. The molecule has 110 valence electrons. The maximum atomic E-state index is 12.8. The third-order valence-corrected chi connectivity index (χ3v) is 6.64. The van der Waals surface area contributed by atoms with Crippen LogP contribution in [0.1, 0.15) is 43.6 Å². The molecule has 0 amide bonds. The Hall–Kier alpha value is -1.31. The van der Waals surface area contributed by atoms with Crippen molar-refractivity contribution in [1.29, 1.82) is 0 Å². The molecule has 3 saturated carbocycles. The first-order valence-corrected chi connectivity index (χ1v) is 8.57. The fourth-order valence-electron chi connectivity index (χ4n) is 5.76. The molecule has 0 radical (unpaired) electrons. The number of fused-ring (bicyclic) bond motifs is 6. The molecule has 0 spiro atoms. The summed E-state index contributed by atoms with van der Waals surface area (Å²) in [7, 11) is 0. The summed E-state index contributed by atoms with van der Waals surface area (Å²) >= 11 is 0. The van der Waals surface area contributed by atoms with Gasteiger partial charge in [0.15, 0.2) is 0 Å². The van der Waals surface area contributed by atoms with E-state index in [1.54, 1.807) is 0 Å². The molecule has 1 aliphatic heterocycles. The lowest BCUT2D eigenvalue weighted by Crippen LogP contribution is -2.19.